The average molecular weight is 222 g/mol. The number of carboxylic acids is 1. The van der Waals surface area contributed by atoms with Crippen molar-refractivity contribution in [2.45, 2.75) is 18.4 Å². The van der Waals surface area contributed by atoms with Crippen molar-refractivity contribution >= 4 is 11.9 Å². The monoisotopic (exact) mass is 222 g/mol. The van der Waals surface area contributed by atoms with Gasteiger partial charge in [-0.2, -0.15) is 0 Å². The Morgan fingerprint density at radius 3 is 2.62 bits per heavy atom. The van der Waals surface area contributed by atoms with E-state index in [1.807, 2.05) is 0 Å². The molecular weight excluding hydrogens is 212 g/mol. The molecule has 0 saturated heterocycles. The number of carboxylic acid groups (broad SMARTS) is 1. The minimum Gasteiger partial charge on any atom is -0.480 e. The van der Waals surface area contributed by atoms with E-state index in [1.54, 1.807) is 0 Å². The lowest BCUT2D eigenvalue weighted by Crippen LogP contribution is -2.44. The van der Waals surface area contributed by atoms with Crippen LogP contribution in [0, 0.1) is 0 Å². The van der Waals surface area contributed by atoms with Gasteiger partial charge in [0.15, 0.2) is 5.43 Å². The summed E-state index contributed by atoms with van der Waals surface area (Å²) in [6.07, 6.45) is 3.47. The highest BCUT2D eigenvalue weighted by Crippen LogP contribution is 2.35. The first kappa shape index (κ1) is 10.4. The molecule has 1 aliphatic rings. The van der Waals surface area contributed by atoms with Crippen LogP contribution in [0.15, 0.2) is 23.3 Å². The Labute approximate surface area is 90.3 Å². The van der Waals surface area contributed by atoms with Crippen LogP contribution in [0.25, 0.3) is 0 Å². The van der Waals surface area contributed by atoms with Gasteiger partial charge in [-0.25, -0.2) is 4.79 Å². The molecule has 84 valence electrons. The smallest absolute Gasteiger partial charge is 0.329 e. The number of amides is 1. The zero-order valence-electron chi connectivity index (χ0n) is 8.32. The van der Waals surface area contributed by atoms with Crippen molar-refractivity contribution in [1.29, 1.82) is 0 Å². The fourth-order valence-electron chi connectivity index (χ4n) is 1.40. The third kappa shape index (κ3) is 1.69. The van der Waals surface area contributed by atoms with E-state index in [0.29, 0.717) is 12.8 Å². The van der Waals surface area contributed by atoms with Gasteiger partial charge in [-0.3, -0.25) is 9.59 Å². The Bertz CT molecular complexity index is 502. The van der Waals surface area contributed by atoms with Gasteiger partial charge < -0.3 is 15.4 Å². The van der Waals surface area contributed by atoms with Crippen LogP contribution in [-0.2, 0) is 4.79 Å². The van der Waals surface area contributed by atoms with E-state index in [1.165, 1.54) is 18.5 Å². The second-order valence-corrected chi connectivity index (χ2v) is 3.76. The molecule has 0 unspecified atom stereocenters. The fraction of sp³-hybridized carbons (Fsp3) is 0.300. The van der Waals surface area contributed by atoms with E-state index >= 15 is 0 Å². The molecule has 6 nitrogen and oxygen atoms in total. The number of nitrogens with one attached hydrogen (secondary N) is 2. The number of aromatic nitrogens is 1. The van der Waals surface area contributed by atoms with E-state index in [2.05, 4.69) is 10.3 Å². The van der Waals surface area contributed by atoms with Crippen LogP contribution < -0.4 is 10.7 Å². The molecule has 0 bridgehead atoms. The van der Waals surface area contributed by atoms with Crippen LogP contribution in [0.5, 0.6) is 0 Å². The van der Waals surface area contributed by atoms with Gasteiger partial charge in [0, 0.05) is 18.5 Å². The molecule has 1 saturated carbocycles. The van der Waals surface area contributed by atoms with Crippen LogP contribution in [0.2, 0.25) is 0 Å². The molecule has 1 fully saturated rings. The van der Waals surface area contributed by atoms with Crippen LogP contribution in [0.4, 0.5) is 0 Å². The van der Waals surface area contributed by atoms with E-state index in [-0.39, 0.29) is 5.56 Å². The molecule has 1 aromatic rings. The Balaban J connectivity index is 2.19. The van der Waals surface area contributed by atoms with Gasteiger partial charge in [0.25, 0.3) is 5.91 Å². The molecule has 0 aromatic carbocycles. The van der Waals surface area contributed by atoms with Crippen molar-refractivity contribution < 1.29 is 14.7 Å². The minimum absolute atomic E-state index is 0.0741. The molecule has 2 rings (SSSR count). The Kier molecular flexibility index (Phi) is 2.26. The largest absolute Gasteiger partial charge is 0.480 e. The zero-order valence-corrected chi connectivity index (χ0v) is 8.32. The maximum Gasteiger partial charge on any atom is 0.329 e. The summed E-state index contributed by atoms with van der Waals surface area (Å²) in [5.74, 6) is -1.71. The quantitative estimate of drug-likeness (QED) is 0.655. The first-order chi connectivity index (χ1) is 7.55. The van der Waals surface area contributed by atoms with Crippen molar-refractivity contribution in [1.82, 2.24) is 10.3 Å². The predicted molar refractivity (Wildman–Crippen MR) is 54.1 cm³/mol. The molecule has 6 heteroatoms. The molecule has 1 aromatic heterocycles. The van der Waals surface area contributed by atoms with Crippen molar-refractivity contribution in [3.8, 4) is 0 Å². The number of pyridine rings is 1. The van der Waals surface area contributed by atoms with Gasteiger partial charge in [-0.05, 0) is 12.8 Å². The second kappa shape index (κ2) is 3.48. The third-order valence-electron chi connectivity index (χ3n) is 2.58. The number of carbonyl (C=O) groups excluding carboxylic acids is 1. The highest BCUT2D eigenvalue weighted by molar-refractivity contribution is 5.98. The maximum atomic E-state index is 11.6. The van der Waals surface area contributed by atoms with E-state index in [0.717, 1.165) is 0 Å². The molecule has 16 heavy (non-hydrogen) atoms. The zero-order chi connectivity index (χ0) is 11.8. The number of hydrogen-bond acceptors (Lipinski definition) is 3. The Morgan fingerprint density at radius 2 is 2.12 bits per heavy atom. The standard InChI is InChI=1S/C10H10N2O4/c13-7-1-4-11-5-6(7)8(14)12-10(2-3-10)9(15)16/h1,4-5H,2-3H2,(H,11,13)(H,12,14)(H,15,16). The lowest BCUT2D eigenvalue weighted by molar-refractivity contribution is -0.140. The van der Waals surface area contributed by atoms with Crippen molar-refractivity contribution in [3.05, 3.63) is 34.2 Å². The summed E-state index contributed by atoms with van der Waals surface area (Å²) in [7, 11) is 0. The summed E-state index contributed by atoms with van der Waals surface area (Å²) in [5, 5.41) is 11.2. The number of H-pyrrole nitrogens is 1. The first-order valence-corrected chi connectivity index (χ1v) is 4.78. The summed E-state index contributed by atoms with van der Waals surface area (Å²) in [6.45, 7) is 0. The number of aromatic amines is 1. The van der Waals surface area contributed by atoms with Gasteiger partial charge in [0.1, 0.15) is 11.1 Å². The molecular formula is C10H10N2O4. The summed E-state index contributed by atoms with van der Waals surface area (Å²) in [4.78, 5) is 36.4. The van der Waals surface area contributed by atoms with Gasteiger partial charge in [0.05, 0.1) is 0 Å². The topological polar surface area (TPSA) is 99.3 Å². The lowest BCUT2D eigenvalue weighted by Gasteiger charge is -2.11. The number of carbonyl (C=O) groups is 2. The summed E-state index contributed by atoms with van der Waals surface area (Å²) < 4.78 is 0. The summed E-state index contributed by atoms with van der Waals surface area (Å²) in [6, 6.07) is 1.22. The molecule has 1 aliphatic carbocycles. The molecule has 3 N–H and O–H groups in total. The van der Waals surface area contributed by atoms with Crippen LogP contribution >= 0.6 is 0 Å². The van der Waals surface area contributed by atoms with Gasteiger partial charge in [-0.1, -0.05) is 0 Å². The number of rotatable bonds is 3. The average Bonchev–Trinajstić information content (AvgIpc) is 2.99. The Morgan fingerprint density at radius 1 is 1.44 bits per heavy atom. The van der Waals surface area contributed by atoms with E-state index in [9.17, 15) is 14.4 Å². The first-order valence-electron chi connectivity index (χ1n) is 4.78. The van der Waals surface area contributed by atoms with Crippen molar-refractivity contribution in [2.75, 3.05) is 0 Å². The van der Waals surface area contributed by atoms with Crippen LogP contribution in [0.1, 0.15) is 23.2 Å². The lowest BCUT2D eigenvalue weighted by atomic mass is 10.2. The van der Waals surface area contributed by atoms with Gasteiger partial charge >= 0.3 is 5.97 Å². The number of hydrogen-bond donors (Lipinski definition) is 3. The van der Waals surface area contributed by atoms with Crippen molar-refractivity contribution in [3.63, 3.8) is 0 Å². The fourth-order valence-corrected chi connectivity index (χ4v) is 1.40. The normalized spacial score (nSPS) is 16.5. The molecule has 1 amide bonds. The third-order valence-corrected chi connectivity index (χ3v) is 2.58. The molecule has 0 spiro atoms. The molecule has 0 atom stereocenters. The molecule has 0 aliphatic heterocycles. The van der Waals surface area contributed by atoms with Crippen LogP contribution in [-0.4, -0.2) is 27.5 Å². The van der Waals surface area contributed by atoms with Gasteiger partial charge in [-0.15, -0.1) is 0 Å². The highest BCUT2D eigenvalue weighted by atomic mass is 16.4. The second-order valence-electron chi connectivity index (χ2n) is 3.76. The van der Waals surface area contributed by atoms with E-state index in [4.69, 9.17) is 5.11 Å². The molecule has 0 radical (unpaired) electrons. The summed E-state index contributed by atoms with van der Waals surface area (Å²) >= 11 is 0. The van der Waals surface area contributed by atoms with Gasteiger partial charge in [0.2, 0.25) is 0 Å². The molecule has 1 heterocycles. The Hall–Kier alpha value is -2.11. The maximum absolute atomic E-state index is 11.6. The van der Waals surface area contributed by atoms with Crippen LogP contribution in [0.3, 0.4) is 0 Å². The van der Waals surface area contributed by atoms with Crippen molar-refractivity contribution in [2.24, 2.45) is 0 Å². The summed E-state index contributed by atoms with van der Waals surface area (Å²) in [5.41, 5.74) is -1.67. The minimum atomic E-state index is -1.17. The SMILES string of the molecule is O=C(NC1(C(=O)O)CC1)c1c[nH]ccc1=O. The highest BCUT2D eigenvalue weighted by Gasteiger charge is 2.51. The van der Waals surface area contributed by atoms with E-state index < -0.39 is 22.8 Å². The predicted octanol–water partition coefficient (Wildman–Crippen LogP) is -0.278. The number of aliphatic carboxylic acids is 1.